The average Bonchev–Trinajstić information content (AvgIpc) is 3.33. The summed E-state index contributed by atoms with van der Waals surface area (Å²) in [6, 6.07) is 23.3. The van der Waals surface area contributed by atoms with E-state index in [9.17, 15) is 5.26 Å². The van der Waals surface area contributed by atoms with Crippen molar-refractivity contribution in [1.82, 2.24) is 4.90 Å². The summed E-state index contributed by atoms with van der Waals surface area (Å²) in [7, 11) is 0. The molecule has 3 aliphatic rings. The molecule has 3 fully saturated rings. The van der Waals surface area contributed by atoms with Crippen LogP contribution in [0.4, 0.5) is 0 Å². The summed E-state index contributed by atoms with van der Waals surface area (Å²) in [4.78, 5) is 2.52. The fourth-order valence-electron chi connectivity index (χ4n) is 5.93. The molecule has 0 unspecified atom stereocenters. The zero-order valence-electron chi connectivity index (χ0n) is 16.1. The molecule has 0 spiro atoms. The number of rotatable bonds is 3. The molecule has 2 aliphatic heterocycles. The van der Waals surface area contributed by atoms with Crippen molar-refractivity contribution in [3.05, 3.63) is 71.8 Å². The minimum atomic E-state index is -0.965. The Kier molecular flexibility index (Phi) is 4.47. The molecule has 144 valence electrons. The molecule has 4 nitrogen and oxygen atoms in total. The molecule has 1 aliphatic carbocycles. The van der Waals surface area contributed by atoms with Crippen LogP contribution in [0, 0.1) is 17.2 Å². The van der Waals surface area contributed by atoms with E-state index in [2.05, 4.69) is 47.4 Å². The second kappa shape index (κ2) is 7.00. The van der Waals surface area contributed by atoms with Crippen molar-refractivity contribution in [2.24, 2.45) is 5.92 Å². The highest BCUT2D eigenvalue weighted by Crippen LogP contribution is 2.64. The van der Waals surface area contributed by atoms with E-state index in [1.807, 2.05) is 24.3 Å². The average molecular weight is 374 g/mol. The van der Waals surface area contributed by atoms with E-state index < -0.39 is 5.60 Å². The minimum absolute atomic E-state index is 0.0635. The smallest absolute Gasteiger partial charge is 0.198 e. The molecule has 4 atom stereocenters. The van der Waals surface area contributed by atoms with Crippen LogP contribution in [0.25, 0.3) is 0 Å². The standard InChI is InChI=1S/C24H26N2O2/c25-18-24(20-10-5-2-6-11-20)23(26-14-16-27-17-15-26)13-7-12-21(23)22(28-24)19-8-3-1-4-9-19/h1-6,8-11,21-22H,7,12-17H2/t21-,22+,23+,24+/m0/s1. The lowest BCUT2D eigenvalue weighted by Crippen LogP contribution is -2.63. The van der Waals surface area contributed by atoms with Gasteiger partial charge >= 0.3 is 0 Å². The van der Waals surface area contributed by atoms with Crippen molar-refractivity contribution < 1.29 is 9.47 Å². The molecular weight excluding hydrogens is 348 g/mol. The summed E-state index contributed by atoms with van der Waals surface area (Å²) < 4.78 is 12.5. The summed E-state index contributed by atoms with van der Waals surface area (Å²) in [6.45, 7) is 3.16. The molecule has 0 radical (unpaired) electrons. The minimum Gasteiger partial charge on any atom is -0.379 e. The number of hydrogen-bond donors (Lipinski definition) is 0. The van der Waals surface area contributed by atoms with Crippen LogP contribution in [0.2, 0.25) is 0 Å². The molecular formula is C24H26N2O2. The third-order valence-electron chi connectivity index (χ3n) is 7.01. The first-order valence-corrected chi connectivity index (χ1v) is 10.3. The van der Waals surface area contributed by atoms with Gasteiger partial charge in [0.05, 0.1) is 24.9 Å². The molecule has 0 amide bonds. The largest absolute Gasteiger partial charge is 0.379 e. The molecule has 0 bridgehead atoms. The van der Waals surface area contributed by atoms with E-state index in [0.29, 0.717) is 5.92 Å². The third kappa shape index (κ3) is 2.40. The maximum absolute atomic E-state index is 10.6. The number of benzene rings is 2. The molecule has 4 heteroatoms. The van der Waals surface area contributed by atoms with Gasteiger partial charge in [-0.15, -0.1) is 0 Å². The van der Waals surface area contributed by atoms with Crippen LogP contribution in [0.3, 0.4) is 0 Å². The molecule has 1 saturated carbocycles. The highest BCUT2D eigenvalue weighted by molar-refractivity contribution is 5.41. The first-order chi connectivity index (χ1) is 13.8. The summed E-state index contributed by atoms with van der Waals surface area (Å²) in [5.41, 5.74) is 0.884. The monoisotopic (exact) mass is 374 g/mol. The van der Waals surface area contributed by atoms with Crippen LogP contribution < -0.4 is 0 Å². The number of nitrogens with zero attached hydrogens (tertiary/aromatic N) is 2. The number of ether oxygens (including phenoxy) is 2. The number of nitriles is 1. The van der Waals surface area contributed by atoms with Crippen LogP contribution in [-0.2, 0) is 15.1 Å². The Morgan fingerprint density at radius 1 is 0.964 bits per heavy atom. The number of morpholine rings is 1. The van der Waals surface area contributed by atoms with Crippen LogP contribution >= 0.6 is 0 Å². The van der Waals surface area contributed by atoms with Gasteiger partial charge in [-0.25, -0.2) is 0 Å². The Morgan fingerprint density at radius 2 is 1.64 bits per heavy atom. The van der Waals surface area contributed by atoms with E-state index in [4.69, 9.17) is 9.47 Å². The molecule has 0 N–H and O–H groups in total. The Balaban J connectivity index is 1.70. The Hall–Kier alpha value is -2.19. The fourth-order valence-corrected chi connectivity index (χ4v) is 5.93. The van der Waals surface area contributed by atoms with Gasteiger partial charge < -0.3 is 9.47 Å². The van der Waals surface area contributed by atoms with Gasteiger partial charge in [0.25, 0.3) is 0 Å². The van der Waals surface area contributed by atoms with E-state index in [1.54, 1.807) is 0 Å². The fraction of sp³-hybridized carbons (Fsp3) is 0.458. The predicted molar refractivity (Wildman–Crippen MR) is 106 cm³/mol. The molecule has 5 rings (SSSR count). The van der Waals surface area contributed by atoms with E-state index in [0.717, 1.165) is 51.1 Å². The maximum atomic E-state index is 10.6. The number of hydrogen-bond acceptors (Lipinski definition) is 4. The highest BCUT2D eigenvalue weighted by atomic mass is 16.5. The van der Waals surface area contributed by atoms with Crippen LogP contribution in [0.15, 0.2) is 60.7 Å². The van der Waals surface area contributed by atoms with Crippen LogP contribution in [-0.4, -0.2) is 36.7 Å². The van der Waals surface area contributed by atoms with Gasteiger partial charge in [0, 0.05) is 24.6 Å². The molecule has 2 aromatic carbocycles. The molecule has 2 aromatic rings. The second-order valence-electron chi connectivity index (χ2n) is 8.13. The lowest BCUT2D eigenvalue weighted by Gasteiger charge is -2.49. The lowest BCUT2D eigenvalue weighted by atomic mass is 9.69. The highest BCUT2D eigenvalue weighted by Gasteiger charge is 2.70. The van der Waals surface area contributed by atoms with Gasteiger partial charge in [-0.1, -0.05) is 67.1 Å². The van der Waals surface area contributed by atoms with Crippen LogP contribution in [0.5, 0.6) is 0 Å². The first-order valence-electron chi connectivity index (χ1n) is 10.3. The Bertz CT molecular complexity index is 859. The number of fused-ring (bicyclic) bond motifs is 1. The predicted octanol–water partition coefficient (Wildman–Crippen LogP) is 4.05. The molecule has 2 saturated heterocycles. The van der Waals surface area contributed by atoms with Gasteiger partial charge in [0.15, 0.2) is 5.60 Å². The van der Waals surface area contributed by atoms with Crippen molar-refractivity contribution in [1.29, 1.82) is 5.26 Å². The van der Waals surface area contributed by atoms with Crippen molar-refractivity contribution >= 4 is 0 Å². The van der Waals surface area contributed by atoms with Crippen molar-refractivity contribution in [3.8, 4) is 6.07 Å². The lowest BCUT2D eigenvalue weighted by molar-refractivity contribution is -0.101. The van der Waals surface area contributed by atoms with E-state index >= 15 is 0 Å². The van der Waals surface area contributed by atoms with Gasteiger partial charge in [-0.05, 0) is 18.4 Å². The second-order valence-corrected chi connectivity index (χ2v) is 8.13. The van der Waals surface area contributed by atoms with Crippen molar-refractivity contribution in [2.75, 3.05) is 26.3 Å². The third-order valence-corrected chi connectivity index (χ3v) is 7.01. The molecule has 2 heterocycles. The van der Waals surface area contributed by atoms with Crippen molar-refractivity contribution in [3.63, 3.8) is 0 Å². The van der Waals surface area contributed by atoms with E-state index in [-0.39, 0.29) is 11.6 Å². The van der Waals surface area contributed by atoms with Crippen molar-refractivity contribution in [2.45, 2.75) is 36.5 Å². The summed E-state index contributed by atoms with van der Waals surface area (Å²) in [6.07, 6.45) is 3.15. The zero-order chi connectivity index (χ0) is 19.0. The van der Waals surface area contributed by atoms with Crippen LogP contribution in [0.1, 0.15) is 36.5 Å². The van der Waals surface area contributed by atoms with Gasteiger partial charge in [0.2, 0.25) is 0 Å². The SMILES string of the molecule is N#C[C@]1(c2ccccc2)O[C@H](c2ccccc2)[C@@H]2CCC[C@@]21N1CCOCC1. The molecule has 0 aromatic heterocycles. The Morgan fingerprint density at radius 3 is 2.32 bits per heavy atom. The van der Waals surface area contributed by atoms with Gasteiger partial charge in [0.1, 0.15) is 6.07 Å². The quantitative estimate of drug-likeness (QED) is 0.813. The first kappa shape index (κ1) is 17.9. The van der Waals surface area contributed by atoms with Gasteiger partial charge in [-0.3, -0.25) is 4.90 Å². The summed E-state index contributed by atoms with van der Waals surface area (Å²) in [5.74, 6) is 0.299. The zero-order valence-corrected chi connectivity index (χ0v) is 16.1. The summed E-state index contributed by atoms with van der Waals surface area (Å²) >= 11 is 0. The molecule has 28 heavy (non-hydrogen) atoms. The van der Waals surface area contributed by atoms with E-state index in [1.165, 1.54) is 5.56 Å². The normalized spacial score (nSPS) is 35.4. The van der Waals surface area contributed by atoms with Gasteiger partial charge in [-0.2, -0.15) is 5.26 Å². The topological polar surface area (TPSA) is 45.5 Å². The Labute approximate surface area is 166 Å². The summed E-state index contributed by atoms with van der Waals surface area (Å²) in [5, 5.41) is 10.6. The maximum Gasteiger partial charge on any atom is 0.198 e.